The second-order valence-corrected chi connectivity index (χ2v) is 6.63. The van der Waals surface area contributed by atoms with Crippen molar-refractivity contribution in [2.75, 3.05) is 5.32 Å². The van der Waals surface area contributed by atoms with Gasteiger partial charge in [0.05, 0.1) is 0 Å². The number of hydrogen-bond donors (Lipinski definition) is 2. The van der Waals surface area contributed by atoms with Crippen molar-refractivity contribution in [1.29, 1.82) is 0 Å². The van der Waals surface area contributed by atoms with Crippen LogP contribution in [0.3, 0.4) is 0 Å². The van der Waals surface area contributed by atoms with E-state index in [4.69, 9.17) is 23.8 Å². The minimum Gasteiger partial charge on any atom is -0.360 e. The Bertz CT molecular complexity index is 446. The molecule has 1 aromatic carbocycles. The van der Waals surface area contributed by atoms with Crippen molar-refractivity contribution < 1.29 is 0 Å². The molecule has 0 saturated heterocycles. The number of thiocarbonyl (C=S) groups is 1. The third-order valence-corrected chi connectivity index (χ3v) is 3.70. The van der Waals surface area contributed by atoms with Gasteiger partial charge in [-0.1, -0.05) is 44.4 Å². The Balaban J connectivity index is 2.41. The van der Waals surface area contributed by atoms with Crippen LogP contribution in [0.4, 0.5) is 5.69 Å². The molecule has 0 radical (unpaired) electrons. The van der Waals surface area contributed by atoms with E-state index in [-0.39, 0.29) is 0 Å². The fourth-order valence-corrected chi connectivity index (χ4v) is 2.50. The quantitative estimate of drug-likeness (QED) is 0.710. The van der Waals surface area contributed by atoms with Gasteiger partial charge >= 0.3 is 0 Å². The van der Waals surface area contributed by atoms with Gasteiger partial charge in [0, 0.05) is 16.8 Å². The zero-order valence-electron chi connectivity index (χ0n) is 12.8. The van der Waals surface area contributed by atoms with Gasteiger partial charge in [0.2, 0.25) is 0 Å². The van der Waals surface area contributed by atoms with Crippen molar-refractivity contribution in [1.82, 2.24) is 5.32 Å². The number of aryl methyl sites for hydroxylation is 1. The molecule has 112 valence electrons. The highest BCUT2D eigenvalue weighted by Gasteiger charge is 2.06. The highest BCUT2D eigenvalue weighted by molar-refractivity contribution is 7.80. The van der Waals surface area contributed by atoms with Gasteiger partial charge in [-0.2, -0.15) is 0 Å². The number of benzene rings is 1. The van der Waals surface area contributed by atoms with Crippen molar-refractivity contribution in [3.05, 3.63) is 28.8 Å². The lowest BCUT2D eigenvalue weighted by Crippen LogP contribution is -2.36. The molecule has 4 heteroatoms. The molecule has 2 nitrogen and oxygen atoms in total. The molecule has 0 amide bonds. The van der Waals surface area contributed by atoms with Gasteiger partial charge in [-0.15, -0.1) is 0 Å². The van der Waals surface area contributed by atoms with Crippen molar-refractivity contribution in [2.45, 2.75) is 53.0 Å². The molecule has 0 aliphatic rings. The molecule has 0 aliphatic carbocycles. The highest BCUT2D eigenvalue weighted by atomic mass is 35.5. The molecular weight excluding hydrogens is 288 g/mol. The van der Waals surface area contributed by atoms with E-state index < -0.39 is 0 Å². The second kappa shape index (κ2) is 8.48. The molecule has 0 heterocycles. The maximum atomic E-state index is 6.00. The van der Waals surface area contributed by atoms with Crippen LogP contribution in [0, 0.1) is 12.8 Å². The molecule has 0 aliphatic heterocycles. The molecular formula is C16H25ClN2S. The monoisotopic (exact) mass is 312 g/mol. The zero-order valence-corrected chi connectivity index (χ0v) is 14.4. The molecule has 1 atom stereocenters. The van der Waals surface area contributed by atoms with Crippen LogP contribution >= 0.6 is 23.8 Å². The van der Waals surface area contributed by atoms with Crippen LogP contribution in [0.5, 0.6) is 0 Å². The summed E-state index contributed by atoms with van der Waals surface area (Å²) in [5, 5.41) is 7.92. The van der Waals surface area contributed by atoms with E-state index in [0.29, 0.717) is 16.2 Å². The molecule has 0 aromatic heterocycles. The Morgan fingerprint density at radius 2 is 1.95 bits per heavy atom. The van der Waals surface area contributed by atoms with Crippen LogP contribution < -0.4 is 10.6 Å². The van der Waals surface area contributed by atoms with Crippen LogP contribution in [0.15, 0.2) is 18.2 Å². The standard InChI is InChI=1S/C16H25ClN2S/c1-11(2)6-5-7-13(4)18-16(20)19-15-10-14(17)9-8-12(15)3/h8-11,13H,5-7H2,1-4H3,(H2,18,19,20). The van der Waals surface area contributed by atoms with E-state index in [9.17, 15) is 0 Å². The summed E-state index contributed by atoms with van der Waals surface area (Å²) in [5.41, 5.74) is 2.09. The van der Waals surface area contributed by atoms with Crippen LogP contribution in [0.2, 0.25) is 5.02 Å². The first-order valence-electron chi connectivity index (χ1n) is 7.22. The number of halogens is 1. The SMILES string of the molecule is Cc1ccc(Cl)cc1NC(=S)NC(C)CCCC(C)C. The van der Waals surface area contributed by atoms with E-state index in [1.807, 2.05) is 25.1 Å². The summed E-state index contributed by atoms with van der Waals surface area (Å²) in [7, 11) is 0. The maximum Gasteiger partial charge on any atom is 0.170 e. The Kier molecular flexibility index (Phi) is 7.31. The lowest BCUT2D eigenvalue weighted by molar-refractivity contribution is 0.495. The molecule has 0 spiro atoms. The first-order valence-corrected chi connectivity index (χ1v) is 8.00. The Morgan fingerprint density at radius 1 is 1.25 bits per heavy atom. The normalized spacial score (nSPS) is 12.3. The molecule has 0 saturated carbocycles. The smallest absolute Gasteiger partial charge is 0.170 e. The van der Waals surface area contributed by atoms with E-state index in [0.717, 1.165) is 23.6 Å². The fraction of sp³-hybridized carbons (Fsp3) is 0.562. The first kappa shape index (κ1) is 17.3. The van der Waals surface area contributed by atoms with Crippen LogP contribution in [0.25, 0.3) is 0 Å². The summed E-state index contributed by atoms with van der Waals surface area (Å²) in [6.45, 7) is 8.71. The minimum absolute atomic E-state index is 0.383. The van der Waals surface area contributed by atoms with Crippen LogP contribution in [0.1, 0.15) is 45.6 Å². The molecule has 1 aromatic rings. The van der Waals surface area contributed by atoms with Crippen molar-refractivity contribution in [2.24, 2.45) is 5.92 Å². The minimum atomic E-state index is 0.383. The van der Waals surface area contributed by atoms with Gasteiger partial charge in [0.15, 0.2) is 5.11 Å². The zero-order chi connectivity index (χ0) is 15.1. The average Bonchev–Trinajstić information content (AvgIpc) is 2.33. The van der Waals surface area contributed by atoms with Gasteiger partial charge in [-0.05, 0) is 56.1 Å². The van der Waals surface area contributed by atoms with Gasteiger partial charge < -0.3 is 10.6 Å². The molecule has 20 heavy (non-hydrogen) atoms. The largest absolute Gasteiger partial charge is 0.360 e. The van der Waals surface area contributed by atoms with Gasteiger partial charge in [-0.25, -0.2) is 0 Å². The summed E-state index contributed by atoms with van der Waals surface area (Å²) >= 11 is 11.4. The Hall–Kier alpha value is -0.800. The second-order valence-electron chi connectivity index (χ2n) is 5.78. The van der Waals surface area contributed by atoms with Gasteiger partial charge in [-0.3, -0.25) is 0 Å². The van der Waals surface area contributed by atoms with Crippen molar-refractivity contribution >= 4 is 34.6 Å². The van der Waals surface area contributed by atoms with Crippen molar-refractivity contribution in [3.63, 3.8) is 0 Å². The Morgan fingerprint density at radius 3 is 2.60 bits per heavy atom. The highest BCUT2D eigenvalue weighted by Crippen LogP contribution is 2.20. The van der Waals surface area contributed by atoms with Crippen LogP contribution in [-0.2, 0) is 0 Å². The first-order chi connectivity index (χ1) is 9.38. The number of hydrogen-bond acceptors (Lipinski definition) is 1. The van der Waals surface area contributed by atoms with Gasteiger partial charge in [0.1, 0.15) is 0 Å². The third kappa shape index (κ3) is 6.58. The Labute approximate surface area is 133 Å². The van der Waals surface area contributed by atoms with Crippen molar-refractivity contribution in [3.8, 4) is 0 Å². The summed E-state index contributed by atoms with van der Waals surface area (Å²) in [6, 6.07) is 6.15. The molecule has 0 bridgehead atoms. The molecule has 1 rings (SSSR count). The fourth-order valence-electron chi connectivity index (χ4n) is 2.02. The maximum absolute atomic E-state index is 6.00. The number of nitrogens with one attached hydrogen (secondary N) is 2. The molecule has 0 fully saturated rings. The topological polar surface area (TPSA) is 24.1 Å². The summed E-state index contributed by atoms with van der Waals surface area (Å²) in [4.78, 5) is 0. The summed E-state index contributed by atoms with van der Waals surface area (Å²) < 4.78 is 0. The van der Waals surface area contributed by atoms with Crippen LogP contribution in [-0.4, -0.2) is 11.2 Å². The van der Waals surface area contributed by atoms with E-state index in [1.54, 1.807) is 0 Å². The molecule has 1 unspecified atom stereocenters. The summed E-state index contributed by atoms with van der Waals surface area (Å²) in [5.74, 6) is 0.765. The van der Waals surface area contributed by atoms with E-state index in [2.05, 4.69) is 31.4 Å². The predicted octanol–water partition coefficient (Wildman–Crippen LogP) is 5.15. The lowest BCUT2D eigenvalue weighted by Gasteiger charge is -2.18. The molecule has 2 N–H and O–H groups in total. The predicted molar refractivity (Wildman–Crippen MR) is 93.7 cm³/mol. The van der Waals surface area contributed by atoms with E-state index in [1.165, 1.54) is 12.8 Å². The number of rotatable bonds is 6. The third-order valence-electron chi connectivity index (χ3n) is 3.24. The van der Waals surface area contributed by atoms with Gasteiger partial charge in [0.25, 0.3) is 0 Å². The number of anilines is 1. The lowest BCUT2D eigenvalue weighted by atomic mass is 10.0. The van der Waals surface area contributed by atoms with E-state index >= 15 is 0 Å². The average molecular weight is 313 g/mol. The summed E-state index contributed by atoms with van der Waals surface area (Å²) in [6.07, 6.45) is 3.62.